The Morgan fingerprint density at radius 2 is 1.67 bits per heavy atom. The maximum Gasteiger partial charge on any atom is 0.264 e. The number of hydrogen-bond acceptors (Lipinski definition) is 6. The van der Waals surface area contributed by atoms with Crippen LogP contribution in [0.2, 0.25) is 5.02 Å². The second-order valence-corrected chi connectivity index (χ2v) is 12.0. The van der Waals surface area contributed by atoms with Crippen LogP contribution in [0.15, 0.2) is 96.0 Å². The van der Waals surface area contributed by atoms with Gasteiger partial charge in [-0.25, -0.2) is 13.4 Å². The lowest BCUT2D eigenvalue weighted by Gasteiger charge is -2.23. The lowest BCUT2D eigenvalue weighted by atomic mass is 10.2. The second kappa shape index (κ2) is 11.1. The Balaban J connectivity index is 1.50. The van der Waals surface area contributed by atoms with Gasteiger partial charge >= 0.3 is 0 Å². The van der Waals surface area contributed by atoms with Gasteiger partial charge in [-0.3, -0.25) is 19.0 Å². The molecular formula is C29H25ClN4O3S2. The van der Waals surface area contributed by atoms with Crippen molar-refractivity contribution in [2.45, 2.75) is 25.3 Å². The molecule has 0 saturated heterocycles. The third kappa shape index (κ3) is 5.38. The van der Waals surface area contributed by atoms with Crippen molar-refractivity contribution in [3.63, 3.8) is 0 Å². The van der Waals surface area contributed by atoms with Gasteiger partial charge < -0.3 is 0 Å². The van der Waals surface area contributed by atoms with Gasteiger partial charge in [0.2, 0.25) is 0 Å². The zero-order chi connectivity index (χ0) is 27.6. The van der Waals surface area contributed by atoms with Crippen LogP contribution in [0.4, 0.5) is 10.8 Å². The molecule has 3 aromatic carbocycles. The molecule has 5 rings (SSSR count). The Hall–Kier alpha value is -3.79. The highest BCUT2D eigenvalue weighted by atomic mass is 35.5. The third-order valence-corrected chi connectivity index (χ3v) is 9.65. The van der Waals surface area contributed by atoms with Gasteiger partial charge in [-0.15, -0.1) is 0 Å². The molecule has 0 aliphatic heterocycles. The molecule has 0 aliphatic rings. The first-order valence-electron chi connectivity index (χ1n) is 12.2. The van der Waals surface area contributed by atoms with Crippen molar-refractivity contribution < 1.29 is 13.2 Å². The van der Waals surface area contributed by atoms with Crippen molar-refractivity contribution >= 4 is 59.9 Å². The van der Waals surface area contributed by atoms with Crippen LogP contribution in [0.1, 0.15) is 28.5 Å². The van der Waals surface area contributed by atoms with Crippen LogP contribution in [0.5, 0.6) is 0 Å². The van der Waals surface area contributed by atoms with Gasteiger partial charge in [0.25, 0.3) is 15.9 Å². The van der Waals surface area contributed by atoms with Crippen LogP contribution in [0.25, 0.3) is 10.2 Å². The number of benzene rings is 3. The van der Waals surface area contributed by atoms with E-state index in [0.29, 0.717) is 27.1 Å². The van der Waals surface area contributed by atoms with Gasteiger partial charge in [0.15, 0.2) is 5.13 Å². The van der Waals surface area contributed by atoms with Gasteiger partial charge in [0, 0.05) is 23.3 Å². The summed E-state index contributed by atoms with van der Waals surface area (Å²) in [6.07, 6.45) is 1.67. The van der Waals surface area contributed by atoms with Gasteiger partial charge in [0.1, 0.15) is 0 Å². The molecule has 2 aromatic heterocycles. The average Bonchev–Trinajstić information content (AvgIpc) is 3.40. The Labute approximate surface area is 236 Å². The highest BCUT2D eigenvalue weighted by molar-refractivity contribution is 7.92. The highest BCUT2D eigenvalue weighted by Gasteiger charge is 2.26. The maximum absolute atomic E-state index is 13.8. The minimum atomic E-state index is -3.82. The van der Waals surface area contributed by atoms with Crippen molar-refractivity contribution in [3.8, 4) is 0 Å². The lowest BCUT2D eigenvalue weighted by molar-refractivity contribution is 0.0984. The van der Waals surface area contributed by atoms with E-state index in [0.717, 1.165) is 15.8 Å². The number of rotatable bonds is 8. The van der Waals surface area contributed by atoms with E-state index in [9.17, 15) is 13.2 Å². The van der Waals surface area contributed by atoms with Crippen molar-refractivity contribution in [2.24, 2.45) is 0 Å². The van der Waals surface area contributed by atoms with Crippen LogP contribution >= 0.6 is 22.9 Å². The monoisotopic (exact) mass is 576 g/mol. The van der Waals surface area contributed by atoms with Gasteiger partial charge in [-0.1, -0.05) is 47.2 Å². The van der Waals surface area contributed by atoms with E-state index in [1.165, 1.54) is 39.9 Å². The number of anilines is 2. The number of fused-ring (bicyclic) bond motifs is 1. The van der Waals surface area contributed by atoms with E-state index in [4.69, 9.17) is 16.6 Å². The number of hydrogen-bond donors (Lipinski definition) is 0. The normalized spacial score (nSPS) is 11.5. The number of carbonyl (C=O) groups excluding carboxylic acids is 1. The number of aromatic nitrogens is 2. The summed E-state index contributed by atoms with van der Waals surface area (Å²) in [5, 5.41) is 1.11. The van der Waals surface area contributed by atoms with Crippen LogP contribution in [-0.2, 0) is 16.6 Å². The number of carbonyl (C=O) groups is 1. The summed E-state index contributed by atoms with van der Waals surface area (Å²) < 4.78 is 29.1. The van der Waals surface area contributed by atoms with Crippen molar-refractivity contribution in [1.82, 2.24) is 9.97 Å². The fourth-order valence-electron chi connectivity index (χ4n) is 4.22. The summed E-state index contributed by atoms with van der Waals surface area (Å²) >= 11 is 7.70. The second-order valence-electron chi connectivity index (χ2n) is 8.76. The molecular weight excluding hydrogens is 552 g/mol. The standard InChI is InChI=1S/C29H25ClN4O3S2/c1-3-34(23-10-5-4-6-11-23)39(36,37)24-14-12-21(13-15-24)28(35)33(19-22-9-7-8-18-31-22)29-32-27-20(2)25(30)16-17-26(27)38-29/h4-18H,3,19H2,1-2H3. The molecule has 0 bridgehead atoms. The first-order chi connectivity index (χ1) is 18.8. The van der Waals surface area contributed by atoms with E-state index in [-0.39, 0.29) is 23.9 Å². The minimum Gasteiger partial charge on any atom is -0.278 e. The van der Waals surface area contributed by atoms with Crippen LogP contribution in [0.3, 0.4) is 0 Å². The van der Waals surface area contributed by atoms with Gasteiger partial charge in [-0.05, 0) is 80.1 Å². The molecule has 7 nitrogen and oxygen atoms in total. The molecule has 198 valence electrons. The van der Waals surface area contributed by atoms with Crippen LogP contribution in [0, 0.1) is 6.92 Å². The van der Waals surface area contributed by atoms with E-state index in [2.05, 4.69) is 4.98 Å². The topological polar surface area (TPSA) is 83.5 Å². The van der Waals surface area contributed by atoms with Crippen molar-refractivity contribution in [2.75, 3.05) is 15.7 Å². The summed E-state index contributed by atoms with van der Waals surface area (Å²) in [5.41, 5.74) is 3.19. The zero-order valence-corrected chi connectivity index (χ0v) is 23.7. The predicted octanol–water partition coefficient (Wildman–Crippen LogP) is 6.72. The lowest BCUT2D eigenvalue weighted by Crippen LogP contribution is -2.32. The molecule has 0 radical (unpaired) electrons. The average molecular weight is 577 g/mol. The number of sulfonamides is 1. The molecule has 0 fully saturated rings. The smallest absolute Gasteiger partial charge is 0.264 e. The summed E-state index contributed by atoms with van der Waals surface area (Å²) in [7, 11) is -3.82. The molecule has 0 atom stereocenters. The van der Waals surface area contributed by atoms with Crippen molar-refractivity contribution in [3.05, 3.63) is 113 Å². The number of pyridine rings is 1. The summed E-state index contributed by atoms with van der Waals surface area (Å²) in [5.74, 6) is -0.317. The summed E-state index contributed by atoms with van der Waals surface area (Å²) in [4.78, 5) is 24.6. The fourth-order valence-corrected chi connectivity index (χ4v) is 6.87. The molecule has 0 saturated carbocycles. The maximum atomic E-state index is 13.8. The fraction of sp³-hybridized carbons (Fsp3) is 0.138. The molecule has 39 heavy (non-hydrogen) atoms. The number of nitrogens with zero attached hydrogens (tertiary/aromatic N) is 4. The van der Waals surface area contributed by atoms with Crippen LogP contribution in [-0.4, -0.2) is 30.8 Å². The molecule has 0 aliphatic carbocycles. The zero-order valence-electron chi connectivity index (χ0n) is 21.3. The summed E-state index contributed by atoms with van der Waals surface area (Å²) in [6.45, 7) is 4.15. The van der Waals surface area contributed by atoms with E-state index >= 15 is 0 Å². The largest absolute Gasteiger partial charge is 0.278 e. The first-order valence-corrected chi connectivity index (χ1v) is 14.9. The van der Waals surface area contributed by atoms with Crippen LogP contribution < -0.4 is 9.21 Å². The molecule has 0 spiro atoms. The molecule has 2 heterocycles. The Kier molecular flexibility index (Phi) is 7.65. The number of amides is 1. The predicted molar refractivity (Wildman–Crippen MR) is 157 cm³/mol. The van der Waals surface area contributed by atoms with Crippen molar-refractivity contribution in [1.29, 1.82) is 0 Å². The number of halogens is 1. The first kappa shape index (κ1) is 26.8. The molecule has 5 aromatic rings. The van der Waals surface area contributed by atoms with E-state index in [1.807, 2.05) is 43.3 Å². The molecule has 1 amide bonds. The minimum absolute atomic E-state index is 0.103. The number of thiazole rings is 1. The molecule has 0 unspecified atom stereocenters. The number of para-hydroxylation sites is 1. The van der Waals surface area contributed by atoms with Gasteiger partial charge in [0.05, 0.1) is 33.0 Å². The van der Waals surface area contributed by atoms with E-state index < -0.39 is 10.0 Å². The quantitative estimate of drug-likeness (QED) is 0.205. The number of aryl methyl sites for hydroxylation is 1. The third-order valence-electron chi connectivity index (χ3n) is 6.28. The molecule has 0 N–H and O–H groups in total. The molecule has 10 heteroatoms. The highest BCUT2D eigenvalue weighted by Crippen LogP contribution is 2.35. The van der Waals surface area contributed by atoms with E-state index in [1.54, 1.807) is 42.3 Å². The SMILES string of the molecule is CCN(c1ccccc1)S(=O)(=O)c1ccc(C(=O)N(Cc2ccccn2)c2nc3c(C)c(Cl)ccc3s2)cc1. The summed E-state index contributed by atoms with van der Waals surface area (Å²) in [6, 6.07) is 24.2. The Bertz CT molecular complexity index is 1730. The Morgan fingerprint density at radius 1 is 0.949 bits per heavy atom. The van der Waals surface area contributed by atoms with Gasteiger partial charge in [-0.2, -0.15) is 0 Å². The Morgan fingerprint density at radius 3 is 2.33 bits per heavy atom.